The first-order chi connectivity index (χ1) is 8.26. The van der Waals surface area contributed by atoms with Gasteiger partial charge in [-0.25, -0.2) is 5.84 Å². The lowest BCUT2D eigenvalue weighted by molar-refractivity contribution is -0.117. The van der Waals surface area contributed by atoms with Gasteiger partial charge in [0.05, 0.1) is 18.9 Å². The van der Waals surface area contributed by atoms with E-state index in [0.717, 1.165) is 0 Å². The fraction of sp³-hybridized carbons (Fsp3) is 0.750. The third-order valence-corrected chi connectivity index (χ3v) is 2.27. The number of carbonyl (C=O) groups is 1. The summed E-state index contributed by atoms with van der Waals surface area (Å²) in [5.74, 6) is 5.72. The van der Waals surface area contributed by atoms with Crippen LogP contribution in [0.5, 0.6) is 0 Å². The van der Waals surface area contributed by atoms with Crippen LogP contribution in [-0.4, -0.2) is 36.2 Å². The van der Waals surface area contributed by atoms with Crippen LogP contribution in [0.25, 0.3) is 0 Å². The minimum Gasteiger partial charge on any atom is -0.401 e. The molecule has 0 fully saturated rings. The Hall–Kier alpha value is -1.11. The molecule has 0 saturated heterocycles. The number of rotatable bonds is 9. The Morgan fingerprint density at radius 1 is 1.50 bits per heavy atom. The first kappa shape index (κ1) is 16.9. The molecule has 0 saturated carbocycles. The third kappa shape index (κ3) is 8.98. The standard InChI is InChI=1S/C12H26N4O2/c1-5-16(14)8-11(13)6-12(3,4)18-9-15-7-10(2)17/h8,15H,5-7,9,13-14H2,1-4H3/b11-8-. The third-order valence-electron chi connectivity index (χ3n) is 2.27. The van der Waals surface area contributed by atoms with E-state index in [9.17, 15) is 4.79 Å². The van der Waals surface area contributed by atoms with Crippen LogP contribution in [0.4, 0.5) is 0 Å². The van der Waals surface area contributed by atoms with Crippen LogP contribution in [-0.2, 0) is 9.53 Å². The molecule has 0 heterocycles. The number of carbonyl (C=O) groups excluding carboxylic acids is 1. The summed E-state index contributed by atoms with van der Waals surface area (Å²) in [5.41, 5.74) is 6.13. The highest BCUT2D eigenvalue weighted by Crippen LogP contribution is 2.17. The van der Waals surface area contributed by atoms with E-state index in [2.05, 4.69) is 5.32 Å². The van der Waals surface area contributed by atoms with Crippen molar-refractivity contribution in [1.82, 2.24) is 10.3 Å². The van der Waals surface area contributed by atoms with E-state index in [1.54, 1.807) is 6.20 Å². The predicted molar refractivity (Wildman–Crippen MR) is 72.2 cm³/mol. The van der Waals surface area contributed by atoms with Gasteiger partial charge < -0.3 is 15.5 Å². The highest BCUT2D eigenvalue weighted by molar-refractivity contribution is 5.77. The van der Waals surface area contributed by atoms with Crippen LogP contribution >= 0.6 is 0 Å². The molecule has 0 radical (unpaired) electrons. The van der Waals surface area contributed by atoms with Crippen LogP contribution in [0.3, 0.4) is 0 Å². The van der Waals surface area contributed by atoms with Gasteiger partial charge in [-0.2, -0.15) is 0 Å². The summed E-state index contributed by atoms with van der Waals surface area (Å²) in [6.45, 7) is 8.68. The quantitative estimate of drug-likeness (QED) is 0.238. The highest BCUT2D eigenvalue weighted by Gasteiger charge is 2.19. The zero-order chi connectivity index (χ0) is 14.2. The van der Waals surface area contributed by atoms with Gasteiger partial charge in [-0.05, 0) is 27.7 Å². The summed E-state index contributed by atoms with van der Waals surface area (Å²) in [6, 6.07) is 0. The second-order valence-corrected chi connectivity index (χ2v) is 4.89. The maximum Gasteiger partial charge on any atom is 0.143 e. The largest absolute Gasteiger partial charge is 0.401 e. The van der Waals surface area contributed by atoms with Crippen LogP contribution < -0.4 is 16.9 Å². The Morgan fingerprint density at radius 2 is 2.11 bits per heavy atom. The Kier molecular flexibility index (Phi) is 7.58. The van der Waals surface area contributed by atoms with Gasteiger partial charge in [-0.3, -0.25) is 10.1 Å². The van der Waals surface area contributed by atoms with Gasteiger partial charge in [0.15, 0.2) is 0 Å². The minimum absolute atomic E-state index is 0.0811. The zero-order valence-corrected chi connectivity index (χ0v) is 11.8. The lowest BCUT2D eigenvalue weighted by Gasteiger charge is -2.26. The van der Waals surface area contributed by atoms with Crippen molar-refractivity contribution in [2.75, 3.05) is 19.8 Å². The molecule has 0 aromatic carbocycles. The summed E-state index contributed by atoms with van der Waals surface area (Å²) in [7, 11) is 0. The average molecular weight is 258 g/mol. The molecule has 0 aliphatic heterocycles. The van der Waals surface area contributed by atoms with E-state index in [0.29, 0.717) is 31.9 Å². The Morgan fingerprint density at radius 3 is 2.61 bits per heavy atom. The number of Topliss-reactive ketones (excluding diaryl/α,β-unsaturated/α-hetero) is 1. The van der Waals surface area contributed by atoms with Gasteiger partial charge in [-0.15, -0.1) is 0 Å². The van der Waals surface area contributed by atoms with Crippen molar-refractivity contribution in [2.45, 2.75) is 39.7 Å². The van der Waals surface area contributed by atoms with Crippen molar-refractivity contribution in [3.05, 3.63) is 11.9 Å². The normalized spacial score (nSPS) is 12.6. The molecule has 0 atom stereocenters. The second-order valence-electron chi connectivity index (χ2n) is 4.89. The molecule has 6 heteroatoms. The predicted octanol–water partition coefficient (Wildman–Crippen LogP) is 0.303. The van der Waals surface area contributed by atoms with Crippen LogP contribution in [0.2, 0.25) is 0 Å². The summed E-state index contributed by atoms with van der Waals surface area (Å²) in [4.78, 5) is 10.7. The van der Waals surface area contributed by atoms with Crippen molar-refractivity contribution >= 4 is 5.78 Å². The number of hydrogen-bond donors (Lipinski definition) is 3. The summed E-state index contributed by atoms with van der Waals surface area (Å²) in [5, 5.41) is 4.43. The molecule has 106 valence electrons. The van der Waals surface area contributed by atoms with Crippen LogP contribution in [0, 0.1) is 0 Å². The number of nitrogens with zero attached hydrogens (tertiary/aromatic N) is 1. The highest BCUT2D eigenvalue weighted by atomic mass is 16.5. The maximum atomic E-state index is 10.7. The van der Waals surface area contributed by atoms with E-state index in [1.165, 1.54) is 11.9 Å². The number of hydrazine groups is 1. The van der Waals surface area contributed by atoms with Crippen molar-refractivity contribution in [1.29, 1.82) is 0 Å². The Labute approximate surface area is 109 Å². The zero-order valence-electron chi connectivity index (χ0n) is 11.8. The fourth-order valence-corrected chi connectivity index (χ4v) is 1.37. The summed E-state index contributed by atoms with van der Waals surface area (Å²) < 4.78 is 5.62. The molecule has 0 bridgehead atoms. The first-order valence-electron chi connectivity index (χ1n) is 6.08. The number of ether oxygens (including phenoxy) is 1. The van der Waals surface area contributed by atoms with Gasteiger partial charge in [0, 0.05) is 24.9 Å². The molecule has 0 aliphatic rings. The fourth-order valence-electron chi connectivity index (χ4n) is 1.37. The van der Waals surface area contributed by atoms with Crippen LogP contribution in [0.15, 0.2) is 11.9 Å². The molecule has 0 rings (SSSR count). The molecule has 5 N–H and O–H groups in total. The number of nitrogens with one attached hydrogen (secondary N) is 1. The molecule has 0 unspecified atom stereocenters. The molecule has 0 aliphatic carbocycles. The average Bonchev–Trinajstić information content (AvgIpc) is 2.23. The molecule has 6 nitrogen and oxygen atoms in total. The number of ketones is 1. The van der Waals surface area contributed by atoms with E-state index in [4.69, 9.17) is 16.3 Å². The molecule has 0 aromatic rings. The SMILES string of the molecule is CCN(N)/C=C(\N)CC(C)(C)OCNCC(C)=O. The van der Waals surface area contributed by atoms with Gasteiger partial charge >= 0.3 is 0 Å². The van der Waals surface area contributed by atoms with Crippen LogP contribution in [0.1, 0.15) is 34.1 Å². The minimum atomic E-state index is -0.404. The molecular weight excluding hydrogens is 232 g/mol. The van der Waals surface area contributed by atoms with Crippen molar-refractivity contribution in [3.63, 3.8) is 0 Å². The smallest absolute Gasteiger partial charge is 0.143 e. The Balaban J connectivity index is 4.05. The van der Waals surface area contributed by atoms with E-state index in [-0.39, 0.29) is 5.78 Å². The number of hydrogen-bond acceptors (Lipinski definition) is 6. The van der Waals surface area contributed by atoms with Gasteiger partial charge in [0.2, 0.25) is 0 Å². The van der Waals surface area contributed by atoms with Crippen molar-refractivity contribution in [3.8, 4) is 0 Å². The van der Waals surface area contributed by atoms with E-state index >= 15 is 0 Å². The van der Waals surface area contributed by atoms with Crippen molar-refractivity contribution in [2.24, 2.45) is 11.6 Å². The summed E-state index contributed by atoms with van der Waals surface area (Å²) >= 11 is 0. The molecule has 0 spiro atoms. The Bertz CT molecular complexity index is 290. The molecular formula is C12H26N4O2. The first-order valence-corrected chi connectivity index (χ1v) is 6.08. The summed E-state index contributed by atoms with van der Waals surface area (Å²) in [6.07, 6.45) is 2.27. The molecule has 18 heavy (non-hydrogen) atoms. The molecule has 0 aromatic heterocycles. The van der Waals surface area contributed by atoms with Crippen molar-refractivity contribution < 1.29 is 9.53 Å². The second kappa shape index (κ2) is 8.07. The van der Waals surface area contributed by atoms with Gasteiger partial charge in [-0.1, -0.05) is 0 Å². The van der Waals surface area contributed by atoms with Gasteiger partial charge in [0.1, 0.15) is 5.78 Å². The maximum absolute atomic E-state index is 10.7. The van der Waals surface area contributed by atoms with E-state index < -0.39 is 5.60 Å². The molecule has 0 amide bonds. The monoisotopic (exact) mass is 258 g/mol. The topological polar surface area (TPSA) is 93.6 Å². The van der Waals surface area contributed by atoms with E-state index in [1.807, 2.05) is 20.8 Å². The lowest BCUT2D eigenvalue weighted by Crippen LogP contribution is -2.34. The number of nitrogens with two attached hydrogens (primary N) is 2. The van der Waals surface area contributed by atoms with Gasteiger partial charge in [0.25, 0.3) is 0 Å². The lowest BCUT2D eigenvalue weighted by atomic mass is 10.0.